The first-order valence-corrected chi connectivity index (χ1v) is 6.46. The molecule has 0 amide bonds. The van der Waals surface area contributed by atoms with Crippen LogP contribution in [0.4, 0.5) is 5.69 Å². The highest BCUT2D eigenvalue weighted by atomic mass is 35.5. The van der Waals surface area contributed by atoms with Gasteiger partial charge in [0.15, 0.2) is 0 Å². The summed E-state index contributed by atoms with van der Waals surface area (Å²) in [5.41, 5.74) is 3.46. The van der Waals surface area contributed by atoms with Gasteiger partial charge in [-0.1, -0.05) is 25.4 Å². The second kappa shape index (κ2) is 5.44. The standard InChI is InChI=1S/C14H18ClN3/c1-10(2)14-11(9-18(3)17-14)8-16-13-6-4-12(15)5-7-13/h4-7,9-10,16H,8H2,1-3H3. The Morgan fingerprint density at radius 3 is 2.56 bits per heavy atom. The van der Waals surface area contributed by atoms with E-state index in [0.29, 0.717) is 5.92 Å². The van der Waals surface area contributed by atoms with Gasteiger partial charge < -0.3 is 5.32 Å². The van der Waals surface area contributed by atoms with Crippen molar-refractivity contribution in [1.29, 1.82) is 0 Å². The maximum atomic E-state index is 5.86. The Balaban J connectivity index is 2.08. The van der Waals surface area contributed by atoms with E-state index in [4.69, 9.17) is 11.6 Å². The van der Waals surface area contributed by atoms with Crippen LogP contribution in [0.2, 0.25) is 5.02 Å². The summed E-state index contributed by atoms with van der Waals surface area (Å²) in [7, 11) is 1.96. The van der Waals surface area contributed by atoms with Gasteiger partial charge in [0.2, 0.25) is 0 Å². The average Bonchev–Trinajstić information content (AvgIpc) is 2.70. The zero-order valence-corrected chi connectivity index (χ0v) is 11.7. The van der Waals surface area contributed by atoms with Crippen LogP contribution in [0.5, 0.6) is 0 Å². The number of aromatic nitrogens is 2. The van der Waals surface area contributed by atoms with Gasteiger partial charge in [-0.3, -0.25) is 4.68 Å². The van der Waals surface area contributed by atoms with E-state index in [1.165, 1.54) is 5.56 Å². The van der Waals surface area contributed by atoms with Crippen LogP contribution < -0.4 is 5.32 Å². The Morgan fingerprint density at radius 2 is 1.94 bits per heavy atom. The number of halogens is 1. The van der Waals surface area contributed by atoms with E-state index in [2.05, 4.69) is 30.5 Å². The van der Waals surface area contributed by atoms with Crippen LogP contribution in [0.1, 0.15) is 31.0 Å². The lowest BCUT2D eigenvalue weighted by Crippen LogP contribution is -2.02. The zero-order chi connectivity index (χ0) is 13.1. The van der Waals surface area contributed by atoms with Gasteiger partial charge in [0, 0.05) is 36.1 Å². The molecule has 2 rings (SSSR count). The largest absolute Gasteiger partial charge is 0.381 e. The Kier molecular flexibility index (Phi) is 3.92. The van der Waals surface area contributed by atoms with Crippen molar-refractivity contribution >= 4 is 17.3 Å². The Bertz CT molecular complexity index is 514. The predicted molar refractivity (Wildman–Crippen MR) is 76.1 cm³/mol. The van der Waals surface area contributed by atoms with E-state index < -0.39 is 0 Å². The summed E-state index contributed by atoms with van der Waals surface area (Å²) in [5.74, 6) is 0.438. The summed E-state index contributed by atoms with van der Waals surface area (Å²) in [4.78, 5) is 0. The number of aryl methyl sites for hydroxylation is 1. The van der Waals surface area contributed by atoms with Crippen LogP contribution >= 0.6 is 11.6 Å². The van der Waals surface area contributed by atoms with Crippen LogP contribution in [0, 0.1) is 0 Å². The highest BCUT2D eigenvalue weighted by Gasteiger charge is 2.10. The van der Waals surface area contributed by atoms with Crippen molar-refractivity contribution in [3.63, 3.8) is 0 Å². The number of nitrogens with zero attached hydrogens (tertiary/aromatic N) is 2. The minimum Gasteiger partial charge on any atom is -0.381 e. The van der Waals surface area contributed by atoms with E-state index in [9.17, 15) is 0 Å². The second-order valence-corrected chi connectivity index (χ2v) is 5.16. The molecule has 0 unspecified atom stereocenters. The molecule has 1 aromatic heterocycles. The molecule has 0 aliphatic rings. The fourth-order valence-electron chi connectivity index (χ4n) is 1.94. The molecule has 3 nitrogen and oxygen atoms in total. The number of hydrogen-bond donors (Lipinski definition) is 1. The minimum atomic E-state index is 0.438. The molecule has 1 heterocycles. The Hall–Kier alpha value is -1.48. The van der Waals surface area contributed by atoms with Crippen molar-refractivity contribution in [2.45, 2.75) is 26.3 Å². The maximum absolute atomic E-state index is 5.86. The fourth-order valence-corrected chi connectivity index (χ4v) is 2.07. The van der Waals surface area contributed by atoms with Crippen LogP contribution in [0.15, 0.2) is 30.5 Å². The smallest absolute Gasteiger partial charge is 0.0699 e. The van der Waals surface area contributed by atoms with Gasteiger partial charge in [-0.15, -0.1) is 0 Å². The summed E-state index contributed by atoms with van der Waals surface area (Å²) in [6, 6.07) is 7.73. The SMILES string of the molecule is CC(C)c1nn(C)cc1CNc1ccc(Cl)cc1. The lowest BCUT2D eigenvalue weighted by molar-refractivity contribution is 0.712. The molecule has 0 aliphatic carbocycles. The molecule has 4 heteroatoms. The molecule has 18 heavy (non-hydrogen) atoms. The van der Waals surface area contributed by atoms with Gasteiger partial charge in [0.1, 0.15) is 0 Å². The molecule has 1 N–H and O–H groups in total. The molecule has 0 aliphatic heterocycles. The quantitative estimate of drug-likeness (QED) is 0.909. The normalized spacial score (nSPS) is 10.9. The summed E-state index contributed by atoms with van der Waals surface area (Å²) < 4.78 is 1.87. The third-order valence-electron chi connectivity index (χ3n) is 2.81. The van der Waals surface area contributed by atoms with Gasteiger partial charge in [0.05, 0.1) is 5.69 Å². The minimum absolute atomic E-state index is 0.438. The van der Waals surface area contributed by atoms with Gasteiger partial charge in [-0.05, 0) is 30.2 Å². The topological polar surface area (TPSA) is 29.9 Å². The van der Waals surface area contributed by atoms with Crippen molar-refractivity contribution in [2.24, 2.45) is 7.05 Å². The van der Waals surface area contributed by atoms with Crippen molar-refractivity contribution in [1.82, 2.24) is 9.78 Å². The molecule has 0 atom stereocenters. The summed E-state index contributed by atoms with van der Waals surface area (Å²) in [6.45, 7) is 5.10. The second-order valence-electron chi connectivity index (χ2n) is 4.73. The average molecular weight is 264 g/mol. The highest BCUT2D eigenvalue weighted by Crippen LogP contribution is 2.19. The molecule has 0 fully saturated rings. The molecule has 1 aromatic carbocycles. The van der Waals surface area contributed by atoms with E-state index >= 15 is 0 Å². The molecule has 0 saturated heterocycles. The van der Waals surface area contributed by atoms with Gasteiger partial charge in [0.25, 0.3) is 0 Å². The highest BCUT2D eigenvalue weighted by molar-refractivity contribution is 6.30. The first-order valence-electron chi connectivity index (χ1n) is 6.08. The monoisotopic (exact) mass is 263 g/mol. The first kappa shape index (κ1) is 13.0. The lowest BCUT2D eigenvalue weighted by atomic mass is 10.1. The number of hydrogen-bond acceptors (Lipinski definition) is 2. The number of benzene rings is 1. The molecule has 2 aromatic rings. The molecule has 0 bridgehead atoms. The van der Waals surface area contributed by atoms with E-state index in [1.54, 1.807) is 0 Å². The predicted octanol–water partition coefficient (Wildman–Crippen LogP) is 3.81. The van der Waals surface area contributed by atoms with Crippen molar-refractivity contribution in [3.05, 3.63) is 46.7 Å². The van der Waals surface area contributed by atoms with Crippen LogP contribution in [-0.2, 0) is 13.6 Å². The third kappa shape index (κ3) is 3.05. The fraction of sp³-hybridized carbons (Fsp3) is 0.357. The Labute approximate surface area is 113 Å². The number of rotatable bonds is 4. The van der Waals surface area contributed by atoms with Crippen LogP contribution in [0.3, 0.4) is 0 Å². The molecule has 0 radical (unpaired) electrons. The van der Waals surface area contributed by atoms with Crippen molar-refractivity contribution in [3.8, 4) is 0 Å². The zero-order valence-electron chi connectivity index (χ0n) is 10.9. The van der Waals surface area contributed by atoms with Crippen LogP contribution in [0.25, 0.3) is 0 Å². The number of anilines is 1. The third-order valence-corrected chi connectivity index (χ3v) is 3.06. The molecular formula is C14H18ClN3. The molecule has 0 spiro atoms. The summed E-state index contributed by atoms with van der Waals surface area (Å²) in [6.07, 6.45) is 2.07. The van der Waals surface area contributed by atoms with Gasteiger partial charge in [-0.2, -0.15) is 5.10 Å². The van der Waals surface area contributed by atoms with E-state index in [-0.39, 0.29) is 0 Å². The molecule has 96 valence electrons. The maximum Gasteiger partial charge on any atom is 0.0699 e. The van der Waals surface area contributed by atoms with Gasteiger partial charge in [-0.25, -0.2) is 0 Å². The molecular weight excluding hydrogens is 246 g/mol. The van der Waals surface area contributed by atoms with Crippen molar-refractivity contribution < 1.29 is 0 Å². The number of nitrogens with one attached hydrogen (secondary N) is 1. The Morgan fingerprint density at radius 1 is 1.28 bits per heavy atom. The first-order chi connectivity index (χ1) is 8.56. The van der Waals surface area contributed by atoms with Crippen molar-refractivity contribution in [2.75, 3.05) is 5.32 Å². The van der Waals surface area contributed by atoms with Gasteiger partial charge >= 0.3 is 0 Å². The molecule has 0 saturated carbocycles. The van der Waals surface area contributed by atoms with E-state index in [0.717, 1.165) is 22.9 Å². The van der Waals surface area contributed by atoms with Crippen LogP contribution in [-0.4, -0.2) is 9.78 Å². The summed E-state index contributed by atoms with van der Waals surface area (Å²) >= 11 is 5.86. The summed E-state index contributed by atoms with van der Waals surface area (Å²) in [5, 5.41) is 8.63. The van der Waals surface area contributed by atoms with E-state index in [1.807, 2.05) is 36.0 Å². The lowest BCUT2D eigenvalue weighted by Gasteiger charge is -2.08.